The number of hydrogen-bond acceptors (Lipinski definition) is 2. The van der Waals surface area contributed by atoms with E-state index in [2.05, 4.69) is 24.4 Å². The van der Waals surface area contributed by atoms with Gasteiger partial charge in [0, 0.05) is 11.8 Å². The van der Waals surface area contributed by atoms with Gasteiger partial charge in [0.15, 0.2) is 0 Å². The van der Waals surface area contributed by atoms with Gasteiger partial charge in [-0.25, -0.2) is 0 Å². The van der Waals surface area contributed by atoms with E-state index in [1.165, 1.54) is 82.8 Å². The fraction of sp³-hybridized carbons (Fsp3) is 0.941. The Balaban J connectivity index is 2.31. The summed E-state index contributed by atoms with van der Waals surface area (Å²) in [5, 5.41) is 4.57. The van der Waals surface area contributed by atoms with Crippen LogP contribution in [0.15, 0.2) is 5.10 Å². The van der Waals surface area contributed by atoms with E-state index in [1.807, 2.05) is 0 Å². The maximum atomic E-state index is 4.57. The quantitative estimate of drug-likeness (QED) is 0.533. The van der Waals surface area contributed by atoms with E-state index in [-0.39, 0.29) is 0 Å². The molecule has 1 N–H and O–H groups in total. The number of nitrogens with zero attached hydrogens (tertiary/aromatic N) is 1. The van der Waals surface area contributed by atoms with E-state index in [1.54, 1.807) is 0 Å². The minimum absolute atomic E-state index is 0.617. The van der Waals surface area contributed by atoms with Gasteiger partial charge in [-0.1, -0.05) is 71.1 Å². The van der Waals surface area contributed by atoms with Crippen LogP contribution in [-0.4, -0.2) is 11.8 Å². The van der Waals surface area contributed by atoms with Crippen molar-refractivity contribution < 1.29 is 0 Å². The third-order valence-corrected chi connectivity index (χ3v) is 4.15. The zero-order valence-corrected chi connectivity index (χ0v) is 13.2. The number of hydrazone groups is 1. The molecule has 1 aliphatic carbocycles. The summed E-state index contributed by atoms with van der Waals surface area (Å²) in [5.74, 6) is 0. The fourth-order valence-electron chi connectivity index (χ4n) is 2.91. The molecule has 0 bridgehead atoms. The Labute approximate surface area is 120 Å². The first-order chi connectivity index (χ1) is 9.33. The minimum Gasteiger partial charge on any atom is -0.307 e. The molecule has 2 heteroatoms. The molecule has 0 unspecified atom stereocenters. The molecule has 1 fully saturated rings. The van der Waals surface area contributed by atoms with E-state index >= 15 is 0 Å². The monoisotopic (exact) mass is 266 g/mol. The predicted octanol–water partition coefficient (Wildman–Crippen LogP) is 5.43. The van der Waals surface area contributed by atoms with Gasteiger partial charge in [0.25, 0.3) is 0 Å². The Bertz CT molecular complexity index is 223. The van der Waals surface area contributed by atoms with Gasteiger partial charge >= 0.3 is 0 Å². The van der Waals surface area contributed by atoms with Crippen LogP contribution < -0.4 is 5.43 Å². The number of rotatable bonds is 4. The molecule has 0 aliphatic heterocycles. The molecule has 2 nitrogen and oxygen atoms in total. The Morgan fingerprint density at radius 1 is 0.895 bits per heavy atom. The van der Waals surface area contributed by atoms with Gasteiger partial charge in [0.1, 0.15) is 0 Å². The van der Waals surface area contributed by atoms with Crippen LogP contribution in [-0.2, 0) is 0 Å². The third kappa shape index (κ3) is 9.07. The van der Waals surface area contributed by atoms with Gasteiger partial charge in [0.2, 0.25) is 0 Å². The molecule has 0 aromatic rings. The molecule has 0 amide bonds. The molecule has 1 rings (SSSR count). The fourth-order valence-corrected chi connectivity index (χ4v) is 2.91. The highest BCUT2D eigenvalue weighted by Gasteiger charge is 2.08. The van der Waals surface area contributed by atoms with Crippen LogP contribution in [0.5, 0.6) is 0 Å². The second-order valence-corrected chi connectivity index (χ2v) is 6.18. The highest BCUT2D eigenvalue weighted by Crippen LogP contribution is 2.17. The summed E-state index contributed by atoms with van der Waals surface area (Å²) in [6, 6.07) is 0.617. The van der Waals surface area contributed by atoms with Gasteiger partial charge < -0.3 is 5.43 Å². The van der Waals surface area contributed by atoms with Crippen LogP contribution in [0.1, 0.15) is 97.3 Å². The van der Waals surface area contributed by atoms with Crippen molar-refractivity contribution in [2.24, 2.45) is 5.10 Å². The summed E-state index contributed by atoms with van der Waals surface area (Å²) in [4.78, 5) is 0. The summed E-state index contributed by atoms with van der Waals surface area (Å²) < 4.78 is 0. The van der Waals surface area contributed by atoms with E-state index in [0.29, 0.717) is 6.04 Å². The average molecular weight is 266 g/mol. The van der Waals surface area contributed by atoms with Crippen LogP contribution in [0.25, 0.3) is 0 Å². The molecular weight excluding hydrogens is 232 g/mol. The predicted molar refractivity (Wildman–Crippen MR) is 85.7 cm³/mol. The normalized spacial score (nSPS) is 21.5. The Kier molecular flexibility index (Phi) is 9.84. The molecule has 112 valence electrons. The highest BCUT2D eigenvalue weighted by atomic mass is 15.3. The van der Waals surface area contributed by atoms with Crippen molar-refractivity contribution in [3.05, 3.63) is 0 Å². The smallest absolute Gasteiger partial charge is 0.0440 e. The summed E-state index contributed by atoms with van der Waals surface area (Å²) in [7, 11) is 0. The van der Waals surface area contributed by atoms with Crippen molar-refractivity contribution in [3.8, 4) is 0 Å². The summed E-state index contributed by atoms with van der Waals surface area (Å²) in [6.07, 6.45) is 17.7. The lowest BCUT2D eigenvalue weighted by molar-refractivity contribution is 0.411. The molecular formula is C17H34N2. The molecule has 0 atom stereocenters. The lowest BCUT2D eigenvalue weighted by Gasteiger charge is -2.18. The Hall–Kier alpha value is -0.530. The second kappa shape index (κ2) is 11.3. The van der Waals surface area contributed by atoms with E-state index < -0.39 is 0 Å². The minimum atomic E-state index is 0.617. The van der Waals surface area contributed by atoms with Gasteiger partial charge in [-0.15, -0.1) is 0 Å². The molecule has 0 aromatic carbocycles. The lowest BCUT2D eigenvalue weighted by Crippen LogP contribution is -2.25. The Morgan fingerprint density at radius 3 is 1.84 bits per heavy atom. The second-order valence-electron chi connectivity index (χ2n) is 6.18. The van der Waals surface area contributed by atoms with Gasteiger partial charge in [-0.05, 0) is 26.2 Å². The Morgan fingerprint density at radius 2 is 1.37 bits per heavy atom. The molecule has 0 spiro atoms. The van der Waals surface area contributed by atoms with Gasteiger partial charge in [0.05, 0.1) is 0 Å². The highest BCUT2D eigenvalue weighted by molar-refractivity contribution is 5.81. The standard InChI is InChI=1S/C17H34N2/c1-3-13-16(2)18-19-17-14-11-9-7-5-4-6-8-10-12-15-17/h17,19H,3-15H2,1-2H3. The van der Waals surface area contributed by atoms with Crippen molar-refractivity contribution in [1.82, 2.24) is 5.43 Å². The van der Waals surface area contributed by atoms with Crippen molar-refractivity contribution in [2.75, 3.05) is 0 Å². The van der Waals surface area contributed by atoms with E-state index in [9.17, 15) is 0 Å². The van der Waals surface area contributed by atoms with Crippen LogP contribution in [0.2, 0.25) is 0 Å². The molecule has 1 aliphatic rings. The molecule has 0 saturated heterocycles. The van der Waals surface area contributed by atoms with Crippen molar-refractivity contribution >= 4 is 5.71 Å². The largest absolute Gasteiger partial charge is 0.307 e. The van der Waals surface area contributed by atoms with E-state index in [0.717, 1.165) is 6.42 Å². The van der Waals surface area contributed by atoms with Crippen LogP contribution >= 0.6 is 0 Å². The van der Waals surface area contributed by atoms with Gasteiger partial charge in [-0.3, -0.25) is 0 Å². The third-order valence-electron chi connectivity index (χ3n) is 4.15. The molecule has 0 aromatic heterocycles. The zero-order valence-electron chi connectivity index (χ0n) is 13.2. The molecule has 0 heterocycles. The number of hydrogen-bond donors (Lipinski definition) is 1. The van der Waals surface area contributed by atoms with Crippen LogP contribution in [0.3, 0.4) is 0 Å². The first-order valence-electron chi connectivity index (χ1n) is 8.61. The van der Waals surface area contributed by atoms with Crippen molar-refractivity contribution in [2.45, 2.75) is 103 Å². The summed E-state index contributed by atoms with van der Waals surface area (Å²) in [5.41, 5.74) is 4.70. The SMILES string of the molecule is CCCC(C)=NNC1CCCCCCCCCCC1. The summed E-state index contributed by atoms with van der Waals surface area (Å²) in [6.45, 7) is 4.36. The van der Waals surface area contributed by atoms with Crippen LogP contribution in [0.4, 0.5) is 0 Å². The average Bonchev–Trinajstić information content (AvgIpc) is 2.38. The maximum absolute atomic E-state index is 4.57. The molecule has 0 radical (unpaired) electrons. The first kappa shape index (κ1) is 16.5. The van der Waals surface area contributed by atoms with Crippen LogP contribution in [0, 0.1) is 0 Å². The topological polar surface area (TPSA) is 24.4 Å². The lowest BCUT2D eigenvalue weighted by atomic mass is 9.98. The summed E-state index contributed by atoms with van der Waals surface area (Å²) >= 11 is 0. The van der Waals surface area contributed by atoms with Gasteiger partial charge in [-0.2, -0.15) is 5.10 Å². The van der Waals surface area contributed by atoms with Crippen molar-refractivity contribution in [3.63, 3.8) is 0 Å². The number of nitrogens with one attached hydrogen (secondary N) is 1. The first-order valence-corrected chi connectivity index (χ1v) is 8.61. The maximum Gasteiger partial charge on any atom is 0.0440 e. The van der Waals surface area contributed by atoms with Crippen molar-refractivity contribution in [1.29, 1.82) is 0 Å². The van der Waals surface area contributed by atoms with E-state index in [4.69, 9.17) is 0 Å². The molecule has 19 heavy (non-hydrogen) atoms. The molecule has 1 saturated carbocycles. The zero-order chi connectivity index (χ0) is 13.8.